The third-order valence-electron chi connectivity index (χ3n) is 6.53. The molecular weight excluding hydrogens is 372 g/mol. The minimum Gasteiger partial charge on any atom is -0.0645 e. The van der Waals surface area contributed by atoms with Crippen LogP contribution in [-0.4, -0.2) is 0 Å². The summed E-state index contributed by atoms with van der Waals surface area (Å²) in [5.74, 6) is 0.403. The van der Waals surface area contributed by atoms with Crippen LogP contribution < -0.4 is 0 Å². The molecule has 2 aromatic carbocycles. The minimum absolute atomic E-state index is 0.0983. The van der Waals surface area contributed by atoms with Crippen molar-refractivity contribution < 1.29 is 0 Å². The minimum atomic E-state index is 0.0983. The molecule has 1 unspecified atom stereocenters. The Morgan fingerprint density at radius 1 is 0.613 bits per heavy atom. The first kappa shape index (κ1) is 25.7. The van der Waals surface area contributed by atoms with E-state index in [2.05, 4.69) is 126 Å². The van der Waals surface area contributed by atoms with E-state index in [1.165, 1.54) is 33.4 Å². The van der Waals surface area contributed by atoms with E-state index in [1.54, 1.807) is 0 Å². The van der Waals surface area contributed by atoms with Crippen LogP contribution in [0.25, 0.3) is 0 Å². The Bertz CT molecular complexity index is 867. The van der Waals surface area contributed by atoms with Gasteiger partial charge in [0.05, 0.1) is 0 Å². The summed E-state index contributed by atoms with van der Waals surface area (Å²) in [6.45, 7) is 30.5. The van der Waals surface area contributed by atoms with Gasteiger partial charge in [0, 0.05) is 5.92 Å². The molecule has 1 atom stereocenters. The average molecular weight is 421 g/mol. The first-order valence-electron chi connectivity index (χ1n) is 12.2. The maximum absolute atomic E-state index is 2.49. The Hall–Kier alpha value is -1.56. The van der Waals surface area contributed by atoms with Crippen molar-refractivity contribution in [3.8, 4) is 0 Å². The first-order valence-corrected chi connectivity index (χ1v) is 12.2. The molecule has 0 nitrogen and oxygen atoms in total. The highest BCUT2D eigenvalue weighted by Gasteiger charge is 2.31. The highest BCUT2D eigenvalue weighted by molar-refractivity contribution is 5.50. The van der Waals surface area contributed by atoms with Crippen molar-refractivity contribution in [3.05, 3.63) is 69.8 Å². The highest BCUT2D eigenvalue weighted by atomic mass is 14.4. The van der Waals surface area contributed by atoms with Crippen LogP contribution in [0.2, 0.25) is 0 Å². The lowest BCUT2D eigenvalue weighted by molar-refractivity contribution is 0.520. The lowest BCUT2D eigenvalue weighted by atomic mass is 9.69. The zero-order chi connectivity index (χ0) is 24.0. The fourth-order valence-electron chi connectivity index (χ4n) is 4.68. The van der Waals surface area contributed by atoms with Crippen LogP contribution in [-0.2, 0) is 21.7 Å². The molecule has 172 valence electrons. The Kier molecular flexibility index (Phi) is 6.98. The zero-order valence-corrected chi connectivity index (χ0v) is 22.7. The van der Waals surface area contributed by atoms with Crippen LogP contribution in [0.15, 0.2) is 36.4 Å². The quantitative estimate of drug-likeness (QED) is 0.464. The van der Waals surface area contributed by atoms with E-state index in [1.807, 2.05) is 0 Å². The molecule has 0 N–H and O–H groups in total. The van der Waals surface area contributed by atoms with E-state index in [4.69, 9.17) is 0 Å². The Balaban J connectivity index is 2.86. The number of hydrogen-bond acceptors (Lipinski definition) is 0. The van der Waals surface area contributed by atoms with Crippen LogP contribution in [0.5, 0.6) is 0 Å². The largest absolute Gasteiger partial charge is 0.0645 e. The summed E-state index contributed by atoms with van der Waals surface area (Å²) in [4.78, 5) is 0. The van der Waals surface area contributed by atoms with Gasteiger partial charge < -0.3 is 0 Å². The van der Waals surface area contributed by atoms with Gasteiger partial charge in [-0.15, -0.1) is 0 Å². The van der Waals surface area contributed by atoms with Crippen LogP contribution in [0.3, 0.4) is 0 Å². The third kappa shape index (κ3) is 5.82. The summed E-state index contributed by atoms with van der Waals surface area (Å²) in [6.07, 6.45) is 1.11. The van der Waals surface area contributed by atoms with E-state index in [0.29, 0.717) is 5.92 Å². The lowest BCUT2D eigenvalue weighted by Crippen LogP contribution is -2.25. The molecule has 0 aliphatic rings. The molecule has 0 aliphatic heterocycles. The van der Waals surface area contributed by atoms with Crippen molar-refractivity contribution in [2.24, 2.45) is 0 Å². The molecule has 31 heavy (non-hydrogen) atoms. The van der Waals surface area contributed by atoms with Crippen LogP contribution in [0, 0.1) is 0 Å². The number of rotatable bonds is 3. The van der Waals surface area contributed by atoms with Gasteiger partial charge in [0.15, 0.2) is 0 Å². The molecule has 0 aromatic heterocycles. The van der Waals surface area contributed by atoms with E-state index >= 15 is 0 Å². The maximum Gasteiger partial charge on any atom is 0.00899 e. The predicted molar refractivity (Wildman–Crippen MR) is 140 cm³/mol. The van der Waals surface area contributed by atoms with Crippen LogP contribution in [0.1, 0.15) is 136 Å². The summed E-state index contributed by atoms with van der Waals surface area (Å²) in [7, 11) is 0. The fourth-order valence-corrected chi connectivity index (χ4v) is 4.68. The molecule has 2 aromatic rings. The maximum atomic E-state index is 2.49. The summed E-state index contributed by atoms with van der Waals surface area (Å²) in [5, 5.41) is 0. The van der Waals surface area contributed by atoms with Crippen LogP contribution in [0.4, 0.5) is 0 Å². The van der Waals surface area contributed by atoms with Gasteiger partial charge in [-0.1, -0.05) is 126 Å². The molecule has 0 bridgehead atoms. The third-order valence-corrected chi connectivity index (χ3v) is 6.53. The molecule has 0 aliphatic carbocycles. The molecule has 0 amide bonds. The van der Waals surface area contributed by atoms with Gasteiger partial charge in [0.2, 0.25) is 0 Å². The van der Waals surface area contributed by atoms with Gasteiger partial charge in [0.1, 0.15) is 0 Å². The smallest absolute Gasteiger partial charge is 0.00899 e. The number of benzene rings is 2. The molecule has 0 heterocycles. The van der Waals surface area contributed by atoms with Crippen molar-refractivity contribution in [3.63, 3.8) is 0 Å². The van der Waals surface area contributed by atoms with Gasteiger partial charge in [-0.25, -0.2) is 0 Å². The van der Waals surface area contributed by atoms with E-state index in [9.17, 15) is 0 Å². The monoisotopic (exact) mass is 420 g/mol. The van der Waals surface area contributed by atoms with Crippen molar-refractivity contribution in [1.29, 1.82) is 0 Å². The van der Waals surface area contributed by atoms with Crippen molar-refractivity contribution in [2.45, 2.75) is 124 Å². The molecule has 2 rings (SSSR count). The van der Waals surface area contributed by atoms with Gasteiger partial charge in [0.25, 0.3) is 0 Å². The predicted octanol–water partition coefficient (Wildman–Crippen LogP) is 9.42. The summed E-state index contributed by atoms with van der Waals surface area (Å²) in [5.41, 5.74) is 9.37. The Morgan fingerprint density at radius 2 is 1.10 bits per heavy atom. The molecule has 0 heteroatoms. The number of hydrogen-bond donors (Lipinski definition) is 0. The summed E-state index contributed by atoms with van der Waals surface area (Å²) >= 11 is 0. The Morgan fingerprint density at radius 3 is 1.45 bits per heavy atom. The second-order valence-electron chi connectivity index (χ2n) is 13.6. The SMILES string of the molecule is CCC(c1cc(C(C)(C)C)cc(C(C)(C)C)c1)c1cccc(C(C)(C)C)c1C(C)(C)C. The average Bonchev–Trinajstić information content (AvgIpc) is 2.59. The fraction of sp³-hybridized carbons (Fsp3) is 0.613. The highest BCUT2D eigenvalue weighted by Crippen LogP contribution is 2.43. The van der Waals surface area contributed by atoms with Gasteiger partial charge in [-0.3, -0.25) is 0 Å². The molecule has 0 fully saturated rings. The molecular formula is C31H48. The molecule has 0 saturated heterocycles. The summed E-state index contributed by atoms with van der Waals surface area (Å²) in [6, 6.07) is 14.4. The second kappa shape index (κ2) is 8.42. The normalized spacial score (nSPS) is 14.6. The molecule has 0 radical (unpaired) electrons. The summed E-state index contributed by atoms with van der Waals surface area (Å²) < 4.78 is 0. The zero-order valence-electron chi connectivity index (χ0n) is 22.7. The first-order chi connectivity index (χ1) is 13.9. The van der Waals surface area contributed by atoms with E-state index < -0.39 is 0 Å². The topological polar surface area (TPSA) is 0 Å². The van der Waals surface area contributed by atoms with Gasteiger partial charge in [-0.05, 0) is 61.5 Å². The second-order valence-corrected chi connectivity index (χ2v) is 13.6. The van der Waals surface area contributed by atoms with Gasteiger partial charge in [-0.2, -0.15) is 0 Å². The van der Waals surface area contributed by atoms with Crippen LogP contribution >= 0.6 is 0 Å². The lowest BCUT2D eigenvalue weighted by Gasteiger charge is -2.35. The van der Waals surface area contributed by atoms with E-state index in [0.717, 1.165) is 6.42 Å². The van der Waals surface area contributed by atoms with Gasteiger partial charge >= 0.3 is 0 Å². The standard InChI is InChI=1S/C31H48/c1-14-24(21-18-22(28(2,3)4)20-23(19-21)29(5,6)7)25-16-15-17-26(30(8,9)10)27(25)31(11,12)13/h15-20,24H,14H2,1-13H3. The van der Waals surface area contributed by atoms with E-state index in [-0.39, 0.29) is 21.7 Å². The molecule has 0 saturated carbocycles. The molecule has 0 spiro atoms. The van der Waals surface area contributed by atoms with Crippen molar-refractivity contribution in [2.75, 3.05) is 0 Å². The van der Waals surface area contributed by atoms with Crippen molar-refractivity contribution in [1.82, 2.24) is 0 Å². The van der Waals surface area contributed by atoms with Crippen molar-refractivity contribution >= 4 is 0 Å². The Labute approximate surface area is 193 Å².